The van der Waals surface area contributed by atoms with Crippen LogP contribution in [0.25, 0.3) is 0 Å². The van der Waals surface area contributed by atoms with Crippen molar-refractivity contribution in [1.29, 1.82) is 0 Å². The monoisotopic (exact) mass is 243 g/mol. The van der Waals surface area contributed by atoms with Gasteiger partial charge in [0.2, 0.25) is 0 Å². The molecule has 1 saturated carbocycles. The maximum absolute atomic E-state index is 11.5. The van der Waals surface area contributed by atoms with Gasteiger partial charge in [0.05, 0.1) is 0 Å². The molecule has 2 unspecified atom stereocenters. The van der Waals surface area contributed by atoms with E-state index in [0.29, 0.717) is 6.04 Å². The molecule has 3 nitrogen and oxygen atoms in total. The van der Waals surface area contributed by atoms with Gasteiger partial charge in [-0.3, -0.25) is 0 Å². The summed E-state index contributed by atoms with van der Waals surface area (Å²) in [6.45, 7) is 11.9. The van der Waals surface area contributed by atoms with Crippen LogP contribution in [0.2, 0.25) is 0 Å². The molecule has 17 heavy (non-hydrogen) atoms. The molecule has 1 N–H and O–H groups in total. The van der Waals surface area contributed by atoms with Gasteiger partial charge in [-0.25, -0.2) is 4.79 Å². The Bertz CT molecular complexity index is 221. The zero-order valence-electron chi connectivity index (χ0n) is 12.3. The lowest BCUT2D eigenvalue weighted by molar-refractivity contribution is 0.0486. The van der Waals surface area contributed by atoms with Crippen molar-refractivity contribution in [1.82, 2.24) is 5.32 Å². The first-order valence-corrected chi connectivity index (χ1v) is 6.86. The lowest BCUT2D eigenvalue weighted by Gasteiger charge is -2.28. The molecule has 0 heterocycles. The van der Waals surface area contributed by atoms with E-state index in [1.54, 1.807) is 0 Å². The molecule has 3 heteroatoms. The summed E-state index contributed by atoms with van der Waals surface area (Å²) >= 11 is 0. The summed E-state index contributed by atoms with van der Waals surface area (Å²) in [5, 5.41) is 2.94. The van der Waals surface area contributed by atoms with E-state index in [4.69, 9.17) is 4.74 Å². The summed E-state index contributed by atoms with van der Waals surface area (Å²) < 4.78 is 5.23. The van der Waals surface area contributed by atoms with Crippen molar-refractivity contribution < 1.29 is 9.53 Å². The lowest BCUT2D eigenvalue weighted by Crippen LogP contribution is -2.41. The molecule has 0 aromatic rings. The number of alkyl carbamates (subject to hydrolysis) is 1. The van der Waals surface area contributed by atoms with Gasteiger partial charge in [0, 0.05) is 6.04 Å². The summed E-state index contributed by atoms with van der Waals surface area (Å²) in [4.78, 5) is 11.5. The molecular weight excluding hydrogens is 214 g/mol. The van der Waals surface area contributed by atoms with E-state index in [-0.39, 0.29) is 6.09 Å². The normalized spacial score (nSPS) is 24.4. The van der Waals surface area contributed by atoms with Crippen LogP contribution in [0.15, 0.2) is 0 Å². The van der Waals surface area contributed by atoms with Crippen molar-refractivity contribution in [3.8, 4) is 0 Å². The highest BCUT2D eigenvalue weighted by Crippen LogP contribution is 2.23. The van der Waals surface area contributed by atoms with E-state index >= 15 is 0 Å². The quantitative estimate of drug-likeness (QED) is 0.752. The fraction of sp³-hybridized carbons (Fsp3) is 0.929. The van der Waals surface area contributed by atoms with Gasteiger partial charge in [-0.15, -0.1) is 0 Å². The number of carbonyl (C=O) groups excluding carboxylic acids is 1. The molecule has 102 valence electrons. The zero-order valence-corrected chi connectivity index (χ0v) is 12.3. The Kier molecular flexibility index (Phi) is 7.24. The number of nitrogens with one attached hydrogen (secondary N) is 1. The summed E-state index contributed by atoms with van der Waals surface area (Å²) in [6, 6.07) is 0.309. The molecular formula is C14H29NO2. The van der Waals surface area contributed by atoms with E-state index < -0.39 is 5.60 Å². The third-order valence-electron chi connectivity index (χ3n) is 2.66. The minimum atomic E-state index is -0.398. The molecule has 1 aliphatic carbocycles. The predicted octanol–water partition coefficient (Wildman–Crippen LogP) is 4.12. The molecule has 0 spiro atoms. The van der Waals surface area contributed by atoms with Gasteiger partial charge in [-0.2, -0.15) is 0 Å². The third kappa shape index (κ3) is 8.06. The van der Waals surface area contributed by atoms with Crippen LogP contribution in [0.5, 0.6) is 0 Å². The van der Waals surface area contributed by atoms with Crippen molar-refractivity contribution in [2.24, 2.45) is 5.92 Å². The van der Waals surface area contributed by atoms with Crippen LogP contribution in [0.4, 0.5) is 4.79 Å². The largest absolute Gasteiger partial charge is 0.444 e. The van der Waals surface area contributed by atoms with Crippen LogP contribution < -0.4 is 5.32 Å². The average Bonchev–Trinajstić information content (AvgIpc) is 2.17. The molecule has 1 fully saturated rings. The summed E-state index contributed by atoms with van der Waals surface area (Å²) in [5.74, 6) is 0.721. The Morgan fingerprint density at radius 1 is 1.24 bits per heavy atom. The van der Waals surface area contributed by atoms with Crippen LogP contribution in [0, 0.1) is 5.92 Å². The van der Waals surface area contributed by atoms with E-state index in [9.17, 15) is 4.79 Å². The second-order valence-electron chi connectivity index (χ2n) is 5.61. The maximum atomic E-state index is 11.5. The number of hydrogen-bond acceptors (Lipinski definition) is 2. The number of rotatable bonds is 1. The standard InChI is InChI=1S/C12H23NO2.C2H6/c1-9-6-5-7-10(8-9)13-11(14)15-12(2,3)4;1-2/h9-10H,5-8H2,1-4H3,(H,13,14);1-2H3. The van der Waals surface area contributed by atoms with Gasteiger partial charge >= 0.3 is 6.09 Å². The summed E-state index contributed by atoms with van der Waals surface area (Å²) in [5.41, 5.74) is -0.398. The van der Waals surface area contributed by atoms with E-state index in [1.165, 1.54) is 12.8 Å². The smallest absolute Gasteiger partial charge is 0.407 e. The first kappa shape index (κ1) is 16.3. The minimum absolute atomic E-state index is 0.276. The topological polar surface area (TPSA) is 38.3 Å². The Labute approximate surface area is 106 Å². The second-order valence-corrected chi connectivity index (χ2v) is 5.61. The van der Waals surface area contributed by atoms with Crippen molar-refractivity contribution in [3.05, 3.63) is 0 Å². The van der Waals surface area contributed by atoms with E-state index in [1.807, 2.05) is 34.6 Å². The van der Waals surface area contributed by atoms with Gasteiger partial charge in [0.25, 0.3) is 0 Å². The Morgan fingerprint density at radius 2 is 1.82 bits per heavy atom. The fourth-order valence-corrected chi connectivity index (χ4v) is 2.04. The molecule has 0 aromatic heterocycles. The molecule has 1 aliphatic rings. The molecule has 2 atom stereocenters. The van der Waals surface area contributed by atoms with Crippen molar-refractivity contribution in [3.63, 3.8) is 0 Å². The van der Waals surface area contributed by atoms with Gasteiger partial charge in [0.15, 0.2) is 0 Å². The van der Waals surface area contributed by atoms with Gasteiger partial charge in [-0.1, -0.05) is 33.6 Å². The van der Waals surface area contributed by atoms with Crippen molar-refractivity contribution >= 4 is 6.09 Å². The molecule has 0 aromatic carbocycles. The predicted molar refractivity (Wildman–Crippen MR) is 72.1 cm³/mol. The zero-order chi connectivity index (χ0) is 13.5. The molecule has 0 radical (unpaired) electrons. The maximum Gasteiger partial charge on any atom is 0.407 e. The SMILES string of the molecule is CC.CC1CCCC(NC(=O)OC(C)(C)C)C1. The van der Waals surface area contributed by atoms with E-state index in [2.05, 4.69) is 12.2 Å². The van der Waals surface area contributed by atoms with Crippen LogP contribution >= 0.6 is 0 Å². The molecule has 0 aliphatic heterocycles. The summed E-state index contributed by atoms with van der Waals surface area (Å²) in [6.07, 6.45) is 4.39. The number of hydrogen-bond donors (Lipinski definition) is 1. The Balaban J connectivity index is 0.00000121. The second kappa shape index (κ2) is 7.57. The highest BCUT2D eigenvalue weighted by Gasteiger charge is 2.23. The molecule has 1 amide bonds. The van der Waals surface area contributed by atoms with Crippen molar-refractivity contribution in [2.75, 3.05) is 0 Å². The number of carbonyl (C=O) groups is 1. The van der Waals surface area contributed by atoms with Gasteiger partial charge < -0.3 is 10.1 Å². The van der Waals surface area contributed by atoms with Gasteiger partial charge in [-0.05, 0) is 39.5 Å². The Morgan fingerprint density at radius 3 is 2.29 bits per heavy atom. The van der Waals surface area contributed by atoms with E-state index in [0.717, 1.165) is 18.8 Å². The third-order valence-corrected chi connectivity index (χ3v) is 2.66. The molecule has 0 bridgehead atoms. The van der Waals surface area contributed by atoms with Crippen LogP contribution in [0.3, 0.4) is 0 Å². The highest BCUT2D eigenvalue weighted by molar-refractivity contribution is 5.68. The summed E-state index contributed by atoms with van der Waals surface area (Å²) in [7, 11) is 0. The fourth-order valence-electron chi connectivity index (χ4n) is 2.04. The lowest BCUT2D eigenvalue weighted by atomic mass is 9.87. The van der Waals surface area contributed by atoms with Crippen molar-refractivity contribution in [2.45, 2.75) is 78.9 Å². The Hall–Kier alpha value is -0.730. The van der Waals surface area contributed by atoms with Gasteiger partial charge in [0.1, 0.15) is 5.60 Å². The number of amides is 1. The number of ether oxygens (including phenoxy) is 1. The average molecular weight is 243 g/mol. The first-order chi connectivity index (χ1) is 7.87. The molecule has 0 saturated heterocycles. The minimum Gasteiger partial charge on any atom is -0.444 e. The van der Waals surface area contributed by atoms with Crippen LogP contribution in [-0.2, 0) is 4.74 Å². The highest BCUT2D eigenvalue weighted by atomic mass is 16.6. The van der Waals surface area contributed by atoms with Crippen LogP contribution in [-0.4, -0.2) is 17.7 Å². The first-order valence-electron chi connectivity index (χ1n) is 6.86. The molecule has 1 rings (SSSR count). The van der Waals surface area contributed by atoms with Crippen LogP contribution in [0.1, 0.15) is 67.2 Å².